The number of aryl methyl sites for hydroxylation is 3. The summed E-state index contributed by atoms with van der Waals surface area (Å²) in [6.45, 7) is 4.74. The van der Waals surface area contributed by atoms with Crippen LogP contribution in [0.5, 0.6) is 0 Å². The number of hydrogen-bond donors (Lipinski definition) is 2. The van der Waals surface area contributed by atoms with Crippen LogP contribution in [0.3, 0.4) is 0 Å². The summed E-state index contributed by atoms with van der Waals surface area (Å²) in [5, 5.41) is 10.3. The molecule has 5 heteroatoms. The minimum atomic E-state index is -0.137. The van der Waals surface area contributed by atoms with Crippen molar-refractivity contribution in [2.75, 3.05) is 6.61 Å². The van der Waals surface area contributed by atoms with Gasteiger partial charge in [0.1, 0.15) is 0 Å². The Bertz CT molecular complexity index is 1190. The molecule has 2 N–H and O–H groups in total. The van der Waals surface area contributed by atoms with Crippen molar-refractivity contribution in [3.63, 3.8) is 0 Å². The number of aliphatic hydroxyl groups excluding tert-OH is 1. The minimum Gasteiger partial charge on any atom is -0.396 e. The Morgan fingerprint density at radius 3 is 2.64 bits per heavy atom. The lowest BCUT2D eigenvalue weighted by Crippen LogP contribution is -2.13. The molecule has 0 amide bonds. The monoisotopic (exact) mass is 373 g/mol. The molecule has 0 unspecified atom stereocenters. The molecule has 0 aliphatic heterocycles. The molecular formula is C23H23N3O2. The molecule has 0 fully saturated rings. The van der Waals surface area contributed by atoms with Crippen molar-refractivity contribution in [3.8, 4) is 22.5 Å². The van der Waals surface area contributed by atoms with Crippen LogP contribution >= 0.6 is 0 Å². The summed E-state index contributed by atoms with van der Waals surface area (Å²) in [4.78, 5) is 20.7. The number of benzene rings is 2. The molecule has 0 atom stereocenters. The first-order valence-electron chi connectivity index (χ1n) is 9.44. The van der Waals surface area contributed by atoms with E-state index in [-0.39, 0.29) is 12.2 Å². The number of hydrogen-bond acceptors (Lipinski definition) is 3. The zero-order valence-electron chi connectivity index (χ0n) is 16.1. The van der Waals surface area contributed by atoms with Gasteiger partial charge in [0.2, 0.25) is 0 Å². The Labute approximate surface area is 163 Å². The summed E-state index contributed by atoms with van der Waals surface area (Å²) in [6.07, 6.45) is 2.35. The van der Waals surface area contributed by atoms with E-state index in [1.807, 2.05) is 47.9 Å². The summed E-state index contributed by atoms with van der Waals surface area (Å²) in [6, 6.07) is 16.0. The van der Waals surface area contributed by atoms with Gasteiger partial charge in [0.15, 0.2) is 0 Å². The van der Waals surface area contributed by atoms with Crippen molar-refractivity contribution < 1.29 is 5.11 Å². The summed E-state index contributed by atoms with van der Waals surface area (Å²) >= 11 is 0. The molecule has 0 spiro atoms. The van der Waals surface area contributed by atoms with Gasteiger partial charge in [-0.2, -0.15) is 0 Å². The van der Waals surface area contributed by atoms with Crippen LogP contribution in [0.4, 0.5) is 0 Å². The fraction of sp³-hybridized carbons (Fsp3) is 0.217. The molecule has 2 aromatic heterocycles. The first kappa shape index (κ1) is 18.2. The van der Waals surface area contributed by atoms with E-state index in [0.717, 1.165) is 39.0 Å². The molecular weight excluding hydrogens is 350 g/mol. The van der Waals surface area contributed by atoms with Crippen molar-refractivity contribution in [2.45, 2.75) is 26.8 Å². The zero-order chi connectivity index (χ0) is 19.7. The van der Waals surface area contributed by atoms with Gasteiger partial charge < -0.3 is 14.7 Å². The first-order valence-corrected chi connectivity index (χ1v) is 9.44. The Kier molecular flexibility index (Phi) is 4.84. The summed E-state index contributed by atoms with van der Waals surface area (Å²) in [7, 11) is 0. The van der Waals surface area contributed by atoms with Crippen LogP contribution in [0.2, 0.25) is 0 Å². The SMILES string of the molecule is Cc1cc(C)c2[nH]c(=O)c(-c3c(-c4ccccc4)ncn3CCCO)cc2c1. The van der Waals surface area contributed by atoms with E-state index in [4.69, 9.17) is 0 Å². The second-order valence-corrected chi connectivity index (χ2v) is 7.14. The highest BCUT2D eigenvalue weighted by molar-refractivity contribution is 5.88. The molecule has 2 heterocycles. The molecule has 2 aromatic carbocycles. The fourth-order valence-corrected chi connectivity index (χ4v) is 3.75. The van der Waals surface area contributed by atoms with E-state index in [0.29, 0.717) is 18.5 Å². The van der Waals surface area contributed by atoms with Gasteiger partial charge in [-0.15, -0.1) is 0 Å². The van der Waals surface area contributed by atoms with Gasteiger partial charge in [0, 0.05) is 18.7 Å². The molecule has 28 heavy (non-hydrogen) atoms. The van der Waals surface area contributed by atoms with Gasteiger partial charge >= 0.3 is 0 Å². The summed E-state index contributed by atoms with van der Waals surface area (Å²) in [5.41, 5.74) is 6.03. The van der Waals surface area contributed by atoms with Gasteiger partial charge in [-0.25, -0.2) is 4.98 Å². The second-order valence-electron chi connectivity index (χ2n) is 7.14. The van der Waals surface area contributed by atoms with Crippen LogP contribution in [0.15, 0.2) is 59.7 Å². The van der Waals surface area contributed by atoms with Crippen LogP contribution < -0.4 is 5.56 Å². The van der Waals surface area contributed by atoms with Crippen molar-refractivity contribution in [3.05, 3.63) is 76.3 Å². The molecule has 142 valence electrons. The number of nitrogens with one attached hydrogen (secondary N) is 1. The number of H-pyrrole nitrogens is 1. The minimum absolute atomic E-state index is 0.0881. The van der Waals surface area contributed by atoms with Crippen molar-refractivity contribution in [1.82, 2.24) is 14.5 Å². The van der Waals surface area contributed by atoms with E-state index in [1.165, 1.54) is 0 Å². The molecule has 5 nitrogen and oxygen atoms in total. The molecule has 0 radical (unpaired) electrons. The lowest BCUT2D eigenvalue weighted by Gasteiger charge is -2.12. The molecule has 0 bridgehead atoms. The molecule has 4 aromatic rings. The number of nitrogens with zero attached hydrogens (tertiary/aromatic N) is 2. The molecule has 0 aliphatic rings. The number of aliphatic hydroxyl groups is 1. The van der Waals surface area contributed by atoms with Gasteiger partial charge in [-0.3, -0.25) is 4.79 Å². The Balaban J connectivity index is 1.98. The van der Waals surface area contributed by atoms with Crippen molar-refractivity contribution in [2.24, 2.45) is 0 Å². The zero-order valence-corrected chi connectivity index (χ0v) is 16.1. The predicted octanol–water partition coefficient (Wildman–Crippen LogP) is 4.06. The van der Waals surface area contributed by atoms with Crippen LogP contribution in [0, 0.1) is 13.8 Å². The maximum Gasteiger partial charge on any atom is 0.257 e. The van der Waals surface area contributed by atoms with Crippen LogP contribution in [-0.4, -0.2) is 26.2 Å². The number of aromatic nitrogens is 3. The molecule has 0 saturated carbocycles. The number of rotatable bonds is 5. The van der Waals surface area contributed by atoms with Gasteiger partial charge in [-0.05, 0) is 43.4 Å². The third-order valence-electron chi connectivity index (χ3n) is 4.99. The maximum absolute atomic E-state index is 13.0. The van der Waals surface area contributed by atoms with Crippen LogP contribution in [-0.2, 0) is 6.54 Å². The highest BCUT2D eigenvalue weighted by atomic mass is 16.3. The highest BCUT2D eigenvalue weighted by Gasteiger charge is 2.18. The van der Waals surface area contributed by atoms with Gasteiger partial charge in [0.05, 0.1) is 28.8 Å². The fourth-order valence-electron chi connectivity index (χ4n) is 3.75. The van der Waals surface area contributed by atoms with Crippen LogP contribution in [0.25, 0.3) is 33.4 Å². The lowest BCUT2D eigenvalue weighted by atomic mass is 10.0. The van der Waals surface area contributed by atoms with Crippen molar-refractivity contribution in [1.29, 1.82) is 0 Å². The largest absolute Gasteiger partial charge is 0.396 e. The average Bonchev–Trinajstić information content (AvgIpc) is 3.11. The summed E-state index contributed by atoms with van der Waals surface area (Å²) in [5.74, 6) is 0. The quantitative estimate of drug-likeness (QED) is 0.554. The third-order valence-corrected chi connectivity index (χ3v) is 4.99. The standard InChI is InChI=1S/C23H23N3O2/c1-15-11-16(2)20-18(12-15)13-19(23(28)25-20)22-21(17-7-4-3-5-8-17)24-14-26(22)9-6-10-27/h3-5,7-8,11-14,27H,6,9-10H2,1-2H3,(H,25,28). The van der Waals surface area contributed by atoms with Gasteiger partial charge in [-0.1, -0.05) is 42.0 Å². The van der Waals surface area contributed by atoms with E-state index in [1.54, 1.807) is 6.33 Å². The highest BCUT2D eigenvalue weighted by Crippen LogP contribution is 2.31. The van der Waals surface area contributed by atoms with Crippen molar-refractivity contribution >= 4 is 10.9 Å². The number of pyridine rings is 1. The number of imidazole rings is 1. The Morgan fingerprint density at radius 2 is 1.89 bits per heavy atom. The molecule has 4 rings (SSSR count). The Hall–Kier alpha value is -3.18. The van der Waals surface area contributed by atoms with Crippen LogP contribution in [0.1, 0.15) is 17.5 Å². The average molecular weight is 373 g/mol. The smallest absolute Gasteiger partial charge is 0.257 e. The van der Waals surface area contributed by atoms with E-state index in [9.17, 15) is 9.90 Å². The Morgan fingerprint density at radius 1 is 1.11 bits per heavy atom. The van der Waals surface area contributed by atoms with E-state index >= 15 is 0 Å². The summed E-state index contributed by atoms with van der Waals surface area (Å²) < 4.78 is 1.96. The topological polar surface area (TPSA) is 70.9 Å². The van der Waals surface area contributed by atoms with E-state index < -0.39 is 0 Å². The second kappa shape index (κ2) is 7.44. The number of fused-ring (bicyclic) bond motifs is 1. The molecule has 0 aliphatic carbocycles. The predicted molar refractivity (Wildman–Crippen MR) is 112 cm³/mol. The first-order chi connectivity index (χ1) is 13.6. The van der Waals surface area contributed by atoms with E-state index in [2.05, 4.69) is 29.0 Å². The molecule has 0 saturated heterocycles. The normalized spacial score (nSPS) is 11.2. The lowest BCUT2D eigenvalue weighted by molar-refractivity contribution is 0.280. The number of aromatic amines is 1. The van der Waals surface area contributed by atoms with Gasteiger partial charge in [0.25, 0.3) is 5.56 Å². The maximum atomic E-state index is 13.0. The third kappa shape index (κ3) is 3.25.